The molecule has 162 valence electrons. The van der Waals surface area contributed by atoms with Gasteiger partial charge in [-0.3, -0.25) is 9.69 Å². The molecule has 0 spiro atoms. The van der Waals surface area contributed by atoms with Gasteiger partial charge in [0.05, 0.1) is 32.3 Å². The average molecular weight is 441 g/mol. The van der Waals surface area contributed by atoms with Gasteiger partial charge in [-0.15, -0.1) is 16.4 Å². The molecule has 0 fully saturated rings. The summed E-state index contributed by atoms with van der Waals surface area (Å²) >= 11 is 1.68. The molecule has 9 nitrogen and oxygen atoms in total. The van der Waals surface area contributed by atoms with Crippen LogP contribution in [0.25, 0.3) is 10.9 Å². The molecule has 1 N–H and O–H groups in total. The number of ether oxygens (including phenoxy) is 2. The van der Waals surface area contributed by atoms with Gasteiger partial charge < -0.3 is 14.5 Å². The summed E-state index contributed by atoms with van der Waals surface area (Å²) in [6.45, 7) is 2.76. The lowest BCUT2D eigenvalue weighted by Gasteiger charge is -2.21. The molecular formula is C21H24N6O3S. The highest BCUT2D eigenvalue weighted by atomic mass is 32.1. The first kappa shape index (κ1) is 21.2. The highest BCUT2D eigenvalue weighted by Crippen LogP contribution is 2.20. The summed E-state index contributed by atoms with van der Waals surface area (Å²) in [7, 11) is 3.26. The van der Waals surface area contributed by atoms with Crippen LogP contribution in [0.4, 0.5) is 0 Å². The fourth-order valence-electron chi connectivity index (χ4n) is 3.39. The van der Waals surface area contributed by atoms with E-state index >= 15 is 0 Å². The molecule has 4 rings (SSSR count). The number of methoxy groups -OCH3 is 2. The van der Waals surface area contributed by atoms with Crippen LogP contribution in [0.2, 0.25) is 0 Å². The molecule has 3 aromatic heterocycles. The molecule has 3 heterocycles. The third kappa shape index (κ3) is 5.16. The van der Waals surface area contributed by atoms with Crippen LogP contribution < -0.4 is 10.3 Å². The van der Waals surface area contributed by atoms with Crippen molar-refractivity contribution in [3.63, 3.8) is 0 Å². The van der Waals surface area contributed by atoms with Gasteiger partial charge in [-0.25, -0.2) is 4.68 Å². The molecule has 4 aromatic rings. The zero-order valence-electron chi connectivity index (χ0n) is 17.4. The Kier molecular flexibility index (Phi) is 6.70. The summed E-state index contributed by atoms with van der Waals surface area (Å²) in [5.74, 6) is 1.44. The van der Waals surface area contributed by atoms with Crippen LogP contribution in [-0.2, 0) is 30.9 Å². The maximum Gasteiger partial charge on any atom is 0.252 e. The van der Waals surface area contributed by atoms with Gasteiger partial charge in [0, 0.05) is 36.7 Å². The Bertz CT molecular complexity index is 1190. The summed E-state index contributed by atoms with van der Waals surface area (Å²) in [5, 5.41) is 15.1. The van der Waals surface area contributed by atoms with Crippen molar-refractivity contribution in [2.24, 2.45) is 0 Å². The molecule has 0 atom stereocenters. The number of H-pyrrole nitrogens is 1. The smallest absolute Gasteiger partial charge is 0.252 e. The van der Waals surface area contributed by atoms with E-state index in [1.54, 1.807) is 30.2 Å². The Morgan fingerprint density at radius 1 is 1.16 bits per heavy atom. The molecule has 1 aromatic carbocycles. The van der Waals surface area contributed by atoms with Crippen LogP contribution in [0.1, 0.15) is 16.3 Å². The molecule has 0 aliphatic rings. The number of aromatic amines is 1. The van der Waals surface area contributed by atoms with Gasteiger partial charge in [0.15, 0.2) is 5.82 Å². The minimum absolute atomic E-state index is 0.115. The van der Waals surface area contributed by atoms with E-state index in [1.807, 2.05) is 35.7 Å². The Hall–Kier alpha value is -3.08. The third-order valence-corrected chi connectivity index (χ3v) is 5.82. The van der Waals surface area contributed by atoms with Crippen LogP contribution >= 0.6 is 11.3 Å². The van der Waals surface area contributed by atoms with Crippen molar-refractivity contribution in [3.8, 4) is 5.75 Å². The van der Waals surface area contributed by atoms with Crippen LogP contribution in [-0.4, -0.2) is 50.9 Å². The van der Waals surface area contributed by atoms with E-state index in [4.69, 9.17) is 9.47 Å². The molecule has 0 saturated carbocycles. The SMILES string of the molecule is COCCn1nnnc1CN(Cc1cccs1)Cc1cc2ccc(OC)cc2[nH]c1=O. The van der Waals surface area contributed by atoms with Crippen molar-refractivity contribution >= 4 is 22.2 Å². The molecular weight excluding hydrogens is 416 g/mol. The predicted molar refractivity (Wildman–Crippen MR) is 118 cm³/mol. The molecule has 31 heavy (non-hydrogen) atoms. The zero-order chi connectivity index (χ0) is 21.6. The second-order valence-corrected chi connectivity index (χ2v) is 8.14. The van der Waals surface area contributed by atoms with Gasteiger partial charge in [0.25, 0.3) is 5.56 Å². The van der Waals surface area contributed by atoms with Gasteiger partial charge in [-0.05, 0) is 45.5 Å². The lowest BCUT2D eigenvalue weighted by Crippen LogP contribution is -2.28. The lowest BCUT2D eigenvalue weighted by molar-refractivity contribution is 0.177. The number of nitrogens with one attached hydrogen (secondary N) is 1. The second kappa shape index (κ2) is 9.82. The Morgan fingerprint density at radius 3 is 2.84 bits per heavy atom. The summed E-state index contributed by atoms with van der Waals surface area (Å²) in [5.41, 5.74) is 1.32. The molecule has 0 aliphatic heterocycles. The zero-order valence-corrected chi connectivity index (χ0v) is 18.3. The first-order valence-corrected chi connectivity index (χ1v) is 10.7. The third-order valence-electron chi connectivity index (χ3n) is 4.96. The maximum atomic E-state index is 12.8. The van der Waals surface area contributed by atoms with Gasteiger partial charge in [-0.1, -0.05) is 6.07 Å². The second-order valence-electron chi connectivity index (χ2n) is 7.11. The molecule has 10 heteroatoms. The molecule has 0 amide bonds. The normalized spacial score (nSPS) is 11.5. The van der Waals surface area contributed by atoms with Gasteiger partial charge in [0.1, 0.15) is 5.75 Å². The van der Waals surface area contributed by atoms with Crippen molar-refractivity contribution in [1.29, 1.82) is 0 Å². The average Bonchev–Trinajstić information content (AvgIpc) is 3.44. The van der Waals surface area contributed by atoms with Crippen molar-refractivity contribution in [1.82, 2.24) is 30.1 Å². The number of thiophene rings is 1. The largest absolute Gasteiger partial charge is 0.497 e. The number of fused-ring (bicyclic) bond motifs is 1. The molecule has 0 aliphatic carbocycles. The summed E-state index contributed by atoms with van der Waals surface area (Å²) in [4.78, 5) is 19.1. The number of hydrogen-bond donors (Lipinski definition) is 1. The Labute approximate surface area is 183 Å². The summed E-state index contributed by atoms with van der Waals surface area (Å²) in [6, 6.07) is 11.7. The van der Waals surface area contributed by atoms with Crippen LogP contribution in [0.3, 0.4) is 0 Å². The summed E-state index contributed by atoms with van der Waals surface area (Å²) < 4.78 is 12.1. The standard InChI is InChI=1S/C21H24N6O3S/c1-29-8-7-27-20(23-24-25-27)14-26(13-18-4-3-9-31-18)12-16-10-15-5-6-17(30-2)11-19(15)22-21(16)28/h3-6,9-11H,7-8,12-14H2,1-2H3,(H,22,28). The fourth-order valence-corrected chi connectivity index (χ4v) is 4.14. The first-order valence-electron chi connectivity index (χ1n) is 9.85. The van der Waals surface area contributed by atoms with Crippen molar-refractivity contribution in [3.05, 3.63) is 68.4 Å². The monoisotopic (exact) mass is 440 g/mol. The first-order chi connectivity index (χ1) is 15.2. The van der Waals surface area contributed by atoms with Crippen molar-refractivity contribution in [2.45, 2.75) is 26.2 Å². The van der Waals surface area contributed by atoms with E-state index in [0.29, 0.717) is 44.1 Å². The molecule has 0 radical (unpaired) electrons. The minimum atomic E-state index is -0.115. The number of rotatable bonds is 10. The molecule has 0 unspecified atom stereocenters. The maximum absolute atomic E-state index is 12.8. The van der Waals surface area contributed by atoms with Crippen molar-refractivity contribution in [2.75, 3.05) is 20.8 Å². The Balaban J connectivity index is 1.61. The van der Waals surface area contributed by atoms with Gasteiger partial charge in [0.2, 0.25) is 0 Å². The number of benzene rings is 1. The van der Waals surface area contributed by atoms with Crippen LogP contribution in [0.15, 0.2) is 46.6 Å². The Morgan fingerprint density at radius 2 is 2.06 bits per heavy atom. The number of hydrogen-bond acceptors (Lipinski definition) is 8. The van der Waals surface area contributed by atoms with E-state index in [0.717, 1.165) is 16.7 Å². The fraction of sp³-hybridized carbons (Fsp3) is 0.333. The number of pyridine rings is 1. The van der Waals surface area contributed by atoms with E-state index < -0.39 is 0 Å². The lowest BCUT2D eigenvalue weighted by atomic mass is 10.1. The molecule has 0 saturated heterocycles. The predicted octanol–water partition coefficient (Wildman–Crippen LogP) is 2.43. The van der Waals surface area contributed by atoms with Crippen LogP contribution in [0, 0.1) is 0 Å². The van der Waals surface area contributed by atoms with E-state index in [2.05, 4.69) is 31.5 Å². The van der Waals surface area contributed by atoms with E-state index in [9.17, 15) is 4.79 Å². The topological polar surface area (TPSA) is 98.2 Å². The minimum Gasteiger partial charge on any atom is -0.497 e. The van der Waals surface area contributed by atoms with E-state index in [-0.39, 0.29) is 5.56 Å². The highest BCUT2D eigenvalue weighted by molar-refractivity contribution is 7.09. The number of tetrazole rings is 1. The van der Waals surface area contributed by atoms with E-state index in [1.165, 1.54) is 4.88 Å². The van der Waals surface area contributed by atoms with Gasteiger partial charge >= 0.3 is 0 Å². The van der Waals surface area contributed by atoms with Crippen LogP contribution in [0.5, 0.6) is 5.75 Å². The molecule has 0 bridgehead atoms. The number of nitrogens with zero attached hydrogens (tertiary/aromatic N) is 5. The quantitative estimate of drug-likeness (QED) is 0.404. The summed E-state index contributed by atoms with van der Waals surface area (Å²) in [6.07, 6.45) is 0. The van der Waals surface area contributed by atoms with Gasteiger partial charge in [-0.2, -0.15) is 0 Å². The highest BCUT2D eigenvalue weighted by Gasteiger charge is 2.16. The number of aromatic nitrogens is 5. The van der Waals surface area contributed by atoms with Crippen molar-refractivity contribution < 1.29 is 9.47 Å².